The Balaban J connectivity index is 2.58. The van der Waals surface area contributed by atoms with Crippen molar-refractivity contribution in [3.63, 3.8) is 0 Å². The number of hydrogen-bond acceptors (Lipinski definition) is 3. The van der Waals surface area contributed by atoms with E-state index in [2.05, 4.69) is 17.1 Å². The first-order valence-electron chi connectivity index (χ1n) is 6.69. The van der Waals surface area contributed by atoms with Gasteiger partial charge in [-0.25, -0.2) is 0 Å². The lowest BCUT2D eigenvalue weighted by molar-refractivity contribution is -0.122. The Morgan fingerprint density at radius 2 is 2.16 bits per heavy atom. The van der Waals surface area contributed by atoms with Gasteiger partial charge in [-0.05, 0) is 38.1 Å². The molecule has 0 atom stereocenters. The van der Waals surface area contributed by atoms with Crippen molar-refractivity contribution >= 4 is 5.91 Å². The summed E-state index contributed by atoms with van der Waals surface area (Å²) in [5, 5.41) is 2.91. The summed E-state index contributed by atoms with van der Waals surface area (Å²) in [4.78, 5) is 13.9. The summed E-state index contributed by atoms with van der Waals surface area (Å²) in [7, 11) is 1.66. The van der Waals surface area contributed by atoms with Crippen LogP contribution < -0.4 is 10.1 Å². The molecule has 0 aromatic heterocycles. The van der Waals surface area contributed by atoms with Crippen molar-refractivity contribution in [1.82, 2.24) is 10.2 Å². The van der Waals surface area contributed by atoms with E-state index < -0.39 is 0 Å². The first-order valence-corrected chi connectivity index (χ1v) is 6.69. The van der Waals surface area contributed by atoms with Crippen molar-refractivity contribution in [2.45, 2.75) is 33.4 Å². The first kappa shape index (κ1) is 15.5. The van der Waals surface area contributed by atoms with Gasteiger partial charge in [0.2, 0.25) is 5.91 Å². The normalized spacial score (nSPS) is 10.8. The van der Waals surface area contributed by atoms with E-state index in [-0.39, 0.29) is 11.9 Å². The second-order valence-electron chi connectivity index (χ2n) is 4.88. The van der Waals surface area contributed by atoms with Gasteiger partial charge in [0.25, 0.3) is 0 Å². The van der Waals surface area contributed by atoms with E-state index >= 15 is 0 Å². The van der Waals surface area contributed by atoms with Crippen LogP contribution in [0.5, 0.6) is 5.75 Å². The van der Waals surface area contributed by atoms with E-state index in [9.17, 15) is 4.79 Å². The zero-order valence-corrected chi connectivity index (χ0v) is 12.3. The molecule has 106 valence electrons. The van der Waals surface area contributed by atoms with Gasteiger partial charge in [0.05, 0.1) is 13.7 Å². The molecule has 1 N–H and O–H groups in total. The summed E-state index contributed by atoms with van der Waals surface area (Å²) in [5.74, 6) is 0.917. The minimum Gasteiger partial charge on any atom is -0.497 e. The number of nitrogens with one attached hydrogen (secondary N) is 1. The molecule has 1 amide bonds. The molecule has 0 radical (unpaired) electrons. The fourth-order valence-corrected chi connectivity index (χ4v) is 1.88. The van der Waals surface area contributed by atoms with Crippen LogP contribution in [0.1, 0.15) is 26.3 Å². The minimum absolute atomic E-state index is 0.0692. The number of benzene rings is 1. The number of hydrogen-bond donors (Lipinski definition) is 1. The highest BCUT2D eigenvalue weighted by atomic mass is 16.5. The minimum atomic E-state index is 0.0692. The zero-order valence-electron chi connectivity index (χ0n) is 12.3. The standard InChI is InChI=1S/C15H24N2O2/c1-5-17(11-15(18)16-12(2)3)10-13-7-6-8-14(9-13)19-4/h6-9,12H,5,10-11H2,1-4H3,(H,16,18). The Labute approximate surface area is 115 Å². The summed E-state index contributed by atoms with van der Waals surface area (Å²) in [6.07, 6.45) is 0. The van der Waals surface area contributed by atoms with Gasteiger partial charge < -0.3 is 10.1 Å². The van der Waals surface area contributed by atoms with Crippen LogP contribution in [0.4, 0.5) is 0 Å². The number of methoxy groups -OCH3 is 1. The van der Waals surface area contributed by atoms with Gasteiger partial charge in [-0.15, -0.1) is 0 Å². The third kappa shape index (κ3) is 5.75. The molecular weight excluding hydrogens is 240 g/mol. The van der Waals surface area contributed by atoms with Gasteiger partial charge in [-0.1, -0.05) is 19.1 Å². The van der Waals surface area contributed by atoms with Crippen LogP contribution in [0.15, 0.2) is 24.3 Å². The number of ether oxygens (including phenoxy) is 1. The fraction of sp³-hybridized carbons (Fsp3) is 0.533. The molecule has 19 heavy (non-hydrogen) atoms. The topological polar surface area (TPSA) is 41.6 Å². The smallest absolute Gasteiger partial charge is 0.234 e. The molecule has 0 unspecified atom stereocenters. The highest BCUT2D eigenvalue weighted by Crippen LogP contribution is 2.14. The van der Waals surface area contributed by atoms with Crippen LogP contribution in [0.25, 0.3) is 0 Å². The molecule has 1 rings (SSSR count). The molecule has 0 saturated carbocycles. The summed E-state index contributed by atoms with van der Waals surface area (Å²) in [6.45, 7) is 8.00. The van der Waals surface area contributed by atoms with Gasteiger partial charge in [0.1, 0.15) is 5.75 Å². The van der Waals surface area contributed by atoms with Crippen molar-refractivity contribution in [3.05, 3.63) is 29.8 Å². The van der Waals surface area contributed by atoms with Gasteiger partial charge in [-0.3, -0.25) is 9.69 Å². The number of amides is 1. The SMILES string of the molecule is CCN(CC(=O)NC(C)C)Cc1cccc(OC)c1. The fourth-order valence-electron chi connectivity index (χ4n) is 1.88. The van der Waals surface area contributed by atoms with E-state index in [1.54, 1.807) is 7.11 Å². The number of likely N-dealkylation sites (N-methyl/N-ethyl adjacent to an activating group) is 1. The molecule has 0 fully saturated rings. The van der Waals surface area contributed by atoms with Crippen LogP contribution in [0.3, 0.4) is 0 Å². The third-order valence-electron chi connectivity index (χ3n) is 2.80. The van der Waals surface area contributed by atoms with Crippen molar-refractivity contribution in [1.29, 1.82) is 0 Å². The number of rotatable bonds is 7. The van der Waals surface area contributed by atoms with E-state index in [0.717, 1.165) is 24.4 Å². The lowest BCUT2D eigenvalue weighted by atomic mass is 10.2. The third-order valence-corrected chi connectivity index (χ3v) is 2.80. The van der Waals surface area contributed by atoms with E-state index in [1.807, 2.05) is 38.1 Å². The molecule has 0 bridgehead atoms. The first-order chi connectivity index (χ1) is 9.05. The summed E-state index contributed by atoms with van der Waals surface area (Å²) in [5.41, 5.74) is 1.15. The van der Waals surface area contributed by atoms with Crippen molar-refractivity contribution in [2.24, 2.45) is 0 Å². The highest BCUT2D eigenvalue weighted by Gasteiger charge is 2.10. The molecule has 1 aromatic carbocycles. The second-order valence-corrected chi connectivity index (χ2v) is 4.88. The maximum absolute atomic E-state index is 11.8. The number of nitrogens with zero attached hydrogens (tertiary/aromatic N) is 1. The van der Waals surface area contributed by atoms with Crippen LogP contribution in [-0.4, -0.2) is 37.0 Å². The van der Waals surface area contributed by atoms with E-state index in [4.69, 9.17) is 4.74 Å². The van der Waals surface area contributed by atoms with Gasteiger partial charge in [-0.2, -0.15) is 0 Å². The predicted octanol–water partition coefficient (Wildman–Crippen LogP) is 2.04. The molecule has 0 aliphatic heterocycles. The number of carbonyl (C=O) groups excluding carboxylic acids is 1. The molecule has 0 saturated heterocycles. The largest absolute Gasteiger partial charge is 0.497 e. The second kappa shape index (κ2) is 7.79. The van der Waals surface area contributed by atoms with Gasteiger partial charge in [0, 0.05) is 12.6 Å². The van der Waals surface area contributed by atoms with Crippen LogP contribution in [-0.2, 0) is 11.3 Å². The molecule has 0 aliphatic rings. The molecular formula is C15H24N2O2. The average Bonchev–Trinajstić information content (AvgIpc) is 2.37. The van der Waals surface area contributed by atoms with Crippen LogP contribution in [0.2, 0.25) is 0 Å². The van der Waals surface area contributed by atoms with Crippen molar-refractivity contribution < 1.29 is 9.53 Å². The highest BCUT2D eigenvalue weighted by molar-refractivity contribution is 5.78. The van der Waals surface area contributed by atoms with E-state index in [0.29, 0.717) is 6.54 Å². The summed E-state index contributed by atoms with van der Waals surface area (Å²) < 4.78 is 5.21. The quantitative estimate of drug-likeness (QED) is 0.819. The van der Waals surface area contributed by atoms with Gasteiger partial charge in [0.15, 0.2) is 0 Å². The maximum atomic E-state index is 11.8. The van der Waals surface area contributed by atoms with Crippen molar-refractivity contribution in [2.75, 3.05) is 20.2 Å². The molecule has 0 heterocycles. The van der Waals surface area contributed by atoms with Crippen LogP contribution in [0, 0.1) is 0 Å². The molecule has 0 aliphatic carbocycles. The Morgan fingerprint density at radius 3 is 2.74 bits per heavy atom. The lowest BCUT2D eigenvalue weighted by Gasteiger charge is -2.21. The Bertz CT molecular complexity index is 405. The monoisotopic (exact) mass is 264 g/mol. The Kier molecular flexibility index (Phi) is 6.36. The molecule has 0 spiro atoms. The maximum Gasteiger partial charge on any atom is 0.234 e. The zero-order chi connectivity index (χ0) is 14.3. The van der Waals surface area contributed by atoms with Crippen molar-refractivity contribution in [3.8, 4) is 5.75 Å². The predicted molar refractivity (Wildman–Crippen MR) is 77.2 cm³/mol. The molecule has 1 aromatic rings. The molecule has 4 nitrogen and oxygen atoms in total. The number of carbonyl (C=O) groups is 1. The van der Waals surface area contributed by atoms with E-state index in [1.165, 1.54) is 0 Å². The average molecular weight is 264 g/mol. The summed E-state index contributed by atoms with van der Waals surface area (Å²) in [6, 6.07) is 8.12. The van der Waals surface area contributed by atoms with Gasteiger partial charge >= 0.3 is 0 Å². The summed E-state index contributed by atoms with van der Waals surface area (Å²) >= 11 is 0. The Hall–Kier alpha value is -1.55. The lowest BCUT2D eigenvalue weighted by Crippen LogP contribution is -2.39. The molecule has 4 heteroatoms. The Morgan fingerprint density at radius 1 is 1.42 bits per heavy atom. The van der Waals surface area contributed by atoms with Crippen LogP contribution >= 0.6 is 0 Å².